The number of ether oxygens (including phenoxy) is 4. The quantitative estimate of drug-likeness (QED) is 0.446. The van der Waals surface area contributed by atoms with Gasteiger partial charge in [0.1, 0.15) is 12.4 Å². The Bertz CT molecular complexity index is 1220. The third kappa shape index (κ3) is 6.40. The Morgan fingerprint density at radius 1 is 0.941 bits per heavy atom. The van der Waals surface area contributed by atoms with E-state index in [1.165, 1.54) is 32.4 Å². The average Bonchev–Trinajstić information content (AvgIpc) is 2.86. The van der Waals surface area contributed by atoms with Crippen LogP contribution in [0.2, 0.25) is 5.02 Å². The van der Waals surface area contributed by atoms with Gasteiger partial charge < -0.3 is 24.3 Å². The van der Waals surface area contributed by atoms with Crippen molar-refractivity contribution in [2.75, 3.05) is 26.1 Å². The first-order valence-electron chi connectivity index (χ1n) is 10.0. The molecule has 0 aliphatic carbocycles. The summed E-state index contributed by atoms with van der Waals surface area (Å²) in [5.74, 6) is 0.00744. The monoisotopic (exact) mass is 480 g/mol. The van der Waals surface area contributed by atoms with Crippen LogP contribution < -0.4 is 19.5 Å². The molecule has 1 N–H and O–H groups in total. The summed E-state index contributed by atoms with van der Waals surface area (Å²) in [4.78, 5) is 24.8. The predicted octanol–water partition coefficient (Wildman–Crippen LogP) is 4.60. The van der Waals surface area contributed by atoms with E-state index in [-0.39, 0.29) is 30.3 Å². The summed E-state index contributed by atoms with van der Waals surface area (Å²) in [6, 6.07) is 18.1. The minimum atomic E-state index is -0.556. The summed E-state index contributed by atoms with van der Waals surface area (Å²) in [6.07, 6.45) is 0. The molecule has 9 heteroatoms. The number of hydrogen-bond donors (Lipinski definition) is 1. The second-order valence-electron chi connectivity index (χ2n) is 6.93. The molecule has 0 aromatic heterocycles. The molecule has 3 aromatic rings. The molecule has 0 atom stereocenters. The first-order chi connectivity index (χ1) is 16.4. The molecule has 1 amide bonds. The van der Waals surface area contributed by atoms with Gasteiger partial charge in [0, 0.05) is 5.02 Å². The molecule has 0 unspecified atom stereocenters. The molecule has 0 spiro atoms. The summed E-state index contributed by atoms with van der Waals surface area (Å²) >= 11 is 5.98. The highest BCUT2D eigenvalue weighted by Crippen LogP contribution is 2.30. The fraction of sp³-hybridized carbons (Fsp3) is 0.160. The van der Waals surface area contributed by atoms with E-state index >= 15 is 0 Å². The first-order valence-corrected chi connectivity index (χ1v) is 10.4. The summed E-state index contributed by atoms with van der Waals surface area (Å²) in [5, 5.41) is 12.0. The third-order valence-electron chi connectivity index (χ3n) is 4.65. The van der Waals surface area contributed by atoms with E-state index in [4.69, 9.17) is 35.8 Å². The van der Waals surface area contributed by atoms with Crippen molar-refractivity contribution in [3.63, 3.8) is 0 Å². The number of methoxy groups -OCH3 is 2. The molecule has 0 heterocycles. The average molecular weight is 481 g/mol. The lowest BCUT2D eigenvalue weighted by atomic mass is 10.1. The Hall–Kier alpha value is -4.22. The highest BCUT2D eigenvalue weighted by Gasteiger charge is 2.15. The molecule has 174 valence electrons. The van der Waals surface area contributed by atoms with E-state index in [0.29, 0.717) is 22.0 Å². The maximum atomic E-state index is 12.4. The van der Waals surface area contributed by atoms with Crippen LogP contribution in [-0.4, -0.2) is 32.7 Å². The zero-order chi connectivity index (χ0) is 24.5. The Morgan fingerprint density at radius 2 is 1.65 bits per heavy atom. The van der Waals surface area contributed by atoms with Crippen molar-refractivity contribution in [3.05, 3.63) is 82.4 Å². The Balaban J connectivity index is 1.59. The van der Waals surface area contributed by atoms with Crippen molar-refractivity contribution in [2.45, 2.75) is 6.61 Å². The Morgan fingerprint density at radius 3 is 2.32 bits per heavy atom. The lowest BCUT2D eigenvalue weighted by Gasteiger charge is -2.13. The smallest absolute Gasteiger partial charge is 0.338 e. The van der Waals surface area contributed by atoms with Crippen LogP contribution in [0.15, 0.2) is 60.7 Å². The molecule has 0 fully saturated rings. The molecule has 0 radical (unpaired) electrons. The number of amides is 1. The molecule has 34 heavy (non-hydrogen) atoms. The SMILES string of the molecule is COc1ccc(Cl)cc1NC(=O)COc1ccc(C(=O)OCc2ccc(C#N)cc2)cc1OC. The summed E-state index contributed by atoms with van der Waals surface area (Å²) in [6.45, 7) is -0.257. The maximum Gasteiger partial charge on any atom is 0.338 e. The molecule has 3 aromatic carbocycles. The topological polar surface area (TPSA) is 107 Å². The van der Waals surface area contributed by atoms with Crippen LogP contribution in [-0.2, 0) is 16.1 Å². The van der Waals surface area contributed by atoms with Gasteiger partial charge in [-0.3, -0.25) is 4.79 Å². The van der Waals surface area contributed by atoms with Gasteiger partial charge in [0.25, 0.3) is 5.91 Å². The van der Waals surface area contributed by atoms with Gasteiger partial charge in [-0.1, -0.05) is 23.7 Å². The van der Waals surface area contributed by atoms with Crippen molar-refractivity contribution in [2.24, 2.45) is 0 Å². The van der Waals surface area contributed by atoms with Crippen molar-refractivity contribution in [3.8, 4) is 23.3 Å². The van der Waals surface area contributed by atoms with E-state index in [1.54, 1.807) is 42.5 Å². The van der Waals surface area contributed by atoms with Gasteiger partial charge in [-0.2, -0.15) is 5.26 Å². The molecule has 0 saturated heterocycles. The number of nitrogens with one attached hydrogen (secondary N) is 1. The third-order valence-corrected chi connectivity index (χ3v) is 4.88. The van der Waals surface area contributed by atoms with Crippen LogP contribution in [0.5, 0.6) is 17.2 Å². The number of anilines is 1. The van der Waals surface area contributed by atoms with Crippen LogP contribution >= 0.6 is 11.6 Å². The standard InChI is InChI=1S/C25H21ClN2O6/c1-31-21-10-8-19(26)12-20(21)28-24(29)15-33-22-9-7-18(11-23(22)32-2)25(30)34-14-17-5-3-16(13-27)4-6-17/h3-12H,14-15H2,1-2H3,(H,28,29). The lowest BCUT2D eigenvalue weighted by Crippen LogP contribution is -2.20. The van der Waals surface area contributed by atoms with Crippen LogP contribution in [0.4, 0.5) is 5.69 Å². The number of rotatable bonds is 9. The molecule has 8 nitrogen and oxygen atoms in total. The summed E-state index contributed by atoms with van der Waals surface area (Å²) in [5.41, 5.74) is 1.94. The molecular formula is C25H21ClN2O6. The number of hydrogen-bond acceptors (Lipinski definition) is 7. The maximum absolute atomic E-state index is 12.4. The molecule has 0 saturated carbocycles. The van der Waals surface area contributed by atoms with E-state index in [0.717, 1.165) is 5.56 Å². The summed E-state index contributed by atoms with van der Waals surface area (Å²) < 4.78 is 21.4. The minimum Gasteiger partial charge on any atom is -0.495 e. The predicted molar refractivity (Wildman–Crippen MR) is 125 cm³/mol. The fourth-order valence-corrected chi connectivity index (χ4v) is 3.10. The zero-order valence-electron chi connectivity index (χ0n) is 18.5. The van der Waals surface area contributed by atoms with Gasteiger partial charge in [-0.05, 0) is 54.1 Å². The molecule has 3 rings (SSSR count). The molecule has 0 aliphatic heterocycles. The van der Waals surface area contributed by atoms with Crippen LogP contribution in [0.3, 0.4) is 0 Å². The van der Waals surface area contributed by atoms with E-state index in [2.05, 4.69) is 5.32 Å². The number of nitriles is 1. The van der Waals surface area contributed by atoms with Crippen molar-refractivity contribution < 1.29 is 28.5 Å². The van der Waals surface area contributed by atoms with E-state index in [9.17, 15) is 9.59 Å². The largest absolute Gasteiger partial charge is 0.495 e. The zero-order valence-corrected chi connectivity index (χ0v) is 19.2. The minimum absolute atomic E-state index is 0.0538. The molecular weight excluding hydrogens is 460 g/mol. The number of esters is 1. The number of benzene rings is 3. The van der Waals surface area contributed by atoms with E-state index < -0.39 is 11.9 Å². The number of carbonyl (C=O) groups is 2. The summed E-state index contributed by atoms with van der Waals surface area (Å²) in [7, 11) is 2.90. The number of nitrogens with zero attached hydrogens (tertiary/aromatic N) is 1. The normalized spacial score (nSPS) is 10.1. The van der Waals surface area contributed by atoms with Crippen molar-refractivity contribution >= 4 is 29.2 Å². The number of halogens is 1. The molecule has 0 bridgehead atoms. The lowest BCUT2D eigenvalue weighted by molar-refractivity contribution is -0.118. The van der Waals surface area contributed by atoms with Crippen LogP contribution in [0.1, 0.15) is 21.5 Å². The Kier molecular flexibility index (Phi) is 8.32. The Labute approximate surface area is 201 Å². The highest BCUT2D eigenvalue weighted by atomic mass is 35.5. The van der Waals surface area contributed by atoms with Gasteiger partial charge in [-0.15, -0.1) is 0 Å². The van der Waals surface area contributed by atoms with E-state index in [1.807, 2.05) is 6.07 Å². The highest BCUT2D eigenvalue weighted by molar-refractivity contribution is 6.31. The van der Waals surface area contributed by atoms with Gasteiger partial charge >= 0.3 is 5.97 Å². The molecule has 0 aliphatic rings. The van der Waals surface area contributed by atoms with Gasteiger partial charge in [0.2, 0.25) is 0 Å². The van der Waals surface area contributed by atoms with Crippen molar-refractivity contribution in [1.82, 2.24) is 0 Å². The van der Waals surface area contributed by atoms with Crippen LogP contribution in [0.25, 0.3) is 0 Å². The van der Waals surface area contributed by atoms with Gasteiger partial charge in [-0.25, -0.2) is 4.79 Å². The van der Waals surface area contributed by atoms with Crippen LogP contribution in [0, 0.1) is 11.3 Å². The number of carbonyl (C=O) groups excluding carboxylic acids is 2. The fourth-order valence-electron chi connectivity index (χ4n) is 2.93. The van der Waals surface area contributed by atoms with Crippen molar-refractivity contribution in [1.29, 1.82) is 5.26 Å². The second-order valence-corrected chi connectivity index (χ2v) is 7.37. The first kappa shape index (κ1) is 24.4. The van der Waals surface area contributed by atoms with Gasteiger partial charge in [0.05, 0.1) is 37.1 Å². The second kappa shape index (κ2) is 11.6. The van der Waals surface area contributed by atoms with Gasteiger partial charge in [0.15, 0.2) is 18.1 Å².